The normalized spacial score (nSPS) is 12.1. The van der Waals surface area contributed by atoms with Crippen LogP contribution in [0.3, 0.4) is 0 Å². The highest BCUT2D eigenvalue weighted by Gasteiger charge is 2.16. The number of hydrogen-bond acceptors (Lipinski definition) is 5. The standard InChI is InChI=1S/C33H41FN4O2/c1-8-37(9-2)28-15-11-25-18-26(33(39)40-32(25)20-28)12-14-27-13-10-24-19-29(34)30(21-31(24)36(27)7)35-16-17-38(22(3)4)23(5)6/h10-15,18-23H,8-9,16-17H2,1-7H3/p+1/b14-12+. The van der Waals surface area contributed by atoms with Crippen molar-refractivity contribution >= 4 is 45.4 Å². The van der Waals surface area contributed by atoms with Crippen LogP contribution in [-0.2, 0) is 7.05 Å². The van der Waals surface area contributed by atoms with E-state index in [1.807, 2.05) is 54.1 Å². The summed E-state index contributed by atoms with van der Waals surface area (Å²) in [5.74, 6) is -0.269. The molecule has 2 heterocycles. The fourth-order valence-corrected chi connectivity index (χ4v) is 5.36. The van der Waals surface area contributed by atoms with E-state index < -0.39 is 0 Å². The van der Waals surface area contributed by atoms with Crippen molar-refractivity contribution in [1.82, 2.24) is 4.90 Å². The molecule has 0 aliphatic heterocycles. The zero-order valence-corrected chi connectivity index (χ0v) is 24.8. The number of hydrogen-bond donors (Lipinski definition) is 1. The highest BCUT2D eigenvalue weighted by atomic mass is 19.1. The first-order valence-corrected chi connectivity index (χ1v) is 14.3. The molecule has 0 aliphatic carbocycles. The van der Waals surface area contributed by atoms with Crippen LogP contribution in [0.15, 0.2) is 57.7 Å². The molecule has 0 atom stereocenters. The summed E-state index contributed by atoms with van der Waals surface area (Å²) in [6.45, 7) is 16.2. The van der Waals surface area contributed by atoms with E-state index in [4.69, 9.17) is 4.42 Å². The summed E-state index contributed by atoms with van der Waals surface area (Å²) in [6, 6.07) is 15.9. The lowest BCUT2D eigenvalue weighted by Crippen LogP contribution is -2.40. The molecule has 0 saturated heterocycles. The predicted molar refractivity (Wildman–Crippen MR) is 166 cm³/mol. The van der Waals surface area contributed by atoms with Gasteiger partial charge in [0, 0.05) is 79.0 Å². The first-order valence-electron chi connectivity index (χ1n) is 14.3. The zero-order valence-electron chi connectivity index (χ0n) is 24.8. The molecular weight excluding hydrogens is 503 g/mol. The summed E-state index contributed by atoms with van der Waals surface area (Å²) in [5.41, 5.74) is 3.97. The van der Waals surface area contributed by atoms with E-state index in [0.29, 0.717) is 35.5 Å². The van der Waals surface area contributed by atoms with Gasteiger partial charge in [-0.2, -0.15) is 4.57 Å². The van der Waals surface area contributed by atoms with E-state index in [1.54, 1.807) is 12.1 Å². The third-order valence-electron chi connectivity index (χ3n) is 7.62. The molecule has 212 valence electrons. The molecule has 40 heavy (non-hydrogen) atoms. The van der Waals surface area contributed by atoms with Crippen LogP contribution in [-0.4, -0.2) is 43.2 Å². The van der Waals surface area contributed by atoms with Gasteiger partial charge in [-0.1, -0.05) is 0 Å². The summed E-state index contributed by atoms with van der Waals surface area (Å²) in [4.78, 5) is 17.4. The molecule has 0 bridgehead atoms. The van der Waals surface area contributed by atoms with E-state index in [9.17, 15) is 9.18 Å². The van der Waals surface area contributed by atoms with Crippen LogP contribution >= 0.6 is 0 Å². The predicted octanol–water partition coefficient (Wildman–Crippen LogP) is 6.46. The highest BCUT2D eigenvalue weighted by Crippen LogP contribution is 2.24. The molecule has 2 aromatic heterocycles. The second kappa shape index (κ2) is 12.6. The van der Waals surface area contributed by atoms with Gasteiger partial charge in [0.25, 0.3) is 0 Å². The molecule has 0 fully saturated rings. The maximum absolute atomic E-state index is 14.9. The molecule has 2 aromatic carbocycles. The van der Waals surface area contributed by atoms with E-state index in [1.165, 1.54) is 0 Å². The van der Waals surface area contributed by atoms with Crippen molar-refractivity contribution < 1.29 is 13.4 Å². The second-order valence-electron chi connectivity index (χ2n) is 10.8. The Kier molecular flexibility index (Phi) is 9.25. The Morgan fingerprint density at radius 3 is 2.33 bits per heavy atom. The summed E-state index contributed by atoms with van der Waals surface area (Å²) < 4.78 is 22.6. The van der Waals surface area contributed by atoms with Crippen LogP contribution in [0.25, 0.3) is 34.0 Å². The monoisotopic (exact) mass is 545 g/mol. The lowest BCUT2D eigenvalue weighted by atomic mass is 10.1. The van der Waals surface area contributed by atoms with E-state index in [0.717, 1.165) is 47.3 Å². The van der Waals surface area contributed by atoms with E-state index in [2.05, 4.69) is 62.7 Å². The third-order valence-corrected chi connectivity index (χ3v) is 7.62. The number of benzene rings is 2. The van der Waals surface area contributed by atoms with Gasteiger partial charge in [0.1, 0.15) is 18.4 Å². The number of aryl methyl sites for hydroxylation is 1. The summed E-state index contributed by atoms with van der Waals surface area (Å²) in [7, 11) is 1.95. The fraction of sp³-hybridized carbons (Fsp3) is 0.394. The molecule has 0 aliphatic rings. The molecular formula is C33H42FN4O2+. The average Bonchev–Trinajstić information content (AvgIpc) is 2.91. The minimum absolute atomic E-state index is 0.269. The lowest BCUT2D eigenvalue weighted by molar-refractivity contribution is -0.646. The Bertz CT molecular complexity index is 1560. The van der Waals surface area contributed by atoms with E-state index in [-0.39, 0.29) is 11.4 Å². The largest absolute Gasteiger partial charge is 0.422 e. The molecule has 0 spiro atoms. The Morgan fingerprint density at radius 1 is 0.950 bits per heavy atom. The third kappa shape index (κ3) is 6.36. The van der Waals surface area contributed by atoms with Crippen molar-refractivity contribution in [3.63, 3.8) is 0 Å². The average molecular weight is 546 g/mol. The number of nitrogens with one attached hydrogen (secondary N) is 1. The van der Waals surface area contributed by atoms with Crippen LogP contribution in [0.5, 0.6) is 0 Å². The quantitative estimate of drug-likeness (QED) is 0.173. The number of nitrogens with zero attached hydrogens (tertiary/aromatic N) is 3. The number of pyridine rings is 1. The molecule has 7 heteroatoms. The van der Waals surface area contributed by atoms with Gasteiger partial charge in [-0.25, -0.2) is 9.18 Å². The summed E-state index contributed by atoms with van der Waals surface area (Å²) >= 11 is 0. The van der Waals surface area contributed by atoms with Gasteiger partial charge in [-0.15, -0.1) is 0 Å². The molecule has 0 saturated carbocycles. The number of fused-ring (bicyclic) bond motifs is 2. The van der Waals surface area contributed by atoms with Crippen molar-refractivity contribution in [1.29, 1.82) is 0 Å². The highest BCUT2D eigenvalue weighted by molar-refractivity contribution is 5.84. The van der Waals surface area contributed by atoms with Crippen molar-refractivity contribution in [2.75, 3.05) is 36.4 Å². The van der Waals surface area contributed by atoms with Crippen molar-refractivity contribution in [2.24, 2.45) is 7.05 Å². The number of aromatic nitrogens is 1. The van der Waals surface area contributed by atoms with E-state index >= 15 is 0 Å². The van der Waals surface area contributed by atoms with Crippen molar-refractivity contribution in [2.45, 2.75) is 53.6 Å². The number of rotatable bonds is 11. The first kappa shape index (κ1) is 29.3. The topological polar surface area (TPSA) is 52.6 Å². The van der Waals surface area contributed by atoms with Gasteiger partial charge in [0.15, 0.2) is 0 Å². The summed E-state index contributed by atoms with van der Waals surface area (Å²) in [5, 5.41) is 4.97. The summed E-state index contributed by atoms with van der Waals surface area (Å²) in [6.07, 6.45) is 3.67. The molecule has 4 aromatic rings. The maximum Gasteiger partial charge on any atom is 0.343 e. The van der Waals surface area contributed by atoms with Crippen molar-refractivity contribution in [3.05, 3.63) is 76.0 Å². The Labute approximate surface area is 236 Å². The maximum atomic E-state index is 14.9. The van der Waals surface area contributed by atoms with Gasteiger partial charge in [0.2, 0.25) is 11.2 Å². The molecule has 4 rings (SSSR count). The Hall–Kier alpha value is -3.71. The van der Waals surface area contributed by atoms with Gasteiger partial charge >= 0.3 is 5.63 Å². The fourth-order valence-electron chi connectivity index (χ4n) is 5.36. The molecule has 6 nitrogen and oxygen atoms in total. The van der Waals surface area contributed by atoms with Gasteiger partial charge in [0.05, 0.1) is 11.3 Å². The SMILES string of the molecule is CCN(CC)c1ccc2cc(/C=C/c3ccc4cc(F)c(NCCN(C(C)C)C(C)C)cc4[n+]3C)c(=O)oc2c1. The second-order valence-corrected chi connectivity index (χ2v) is 10.8. The zero-order chi connectivity index (χ0) is 29.0. The minimum atomic E-state index is -0.380. The Morgan fingerprint density at radius 2 is 1.65 bits per heavy atom. The molecule has 0 unspecified atom stereocenters. The van der Waals surface area contributed by atoms with Crippen LogP contribution < -0.4 is 20.4 Å². The molecule has 1 N–H and O–H groups in total. The van der Waals surface area contributed by atoms with Crippen LogP contribution in [0.4, 0.5) is 15.8 Å². The van der Waals surface area contributed by atoms with Crippen LogP contribution in [0.1, 0.15) is 52.8 Å². The lowest BCUT2D eigenvalue weighted by Gasteiger charge is -2.30. The van der Waals surface area contributed by atoms with Crippen LogP contribution in [0.2, 0.25) is 0 Å². The number of halogens is 1. The van der Waals surface area contributed by atoms with Gasteiger partial charge < -0.3 is 14.6 Å². The van der Waals surface area contributed by atoms with Gasteiger partial charge in [-0.3, -0.25) is 4.90 Å². The molecule has 0 radical (unpaired) electrons. The first-order chi connectivity index (χ1) is 19.1. The number of anilines is 2. The van der Waals surface area contributed by atoms with Crippen molar-refractivity contribution in [3.8, 4) is 0 Å². The van der Waals surface area contributed by atoms with Crippen LogP contribution in [0, 0.1) is 5.82 Å². The minimum Gasteiger partial charge on any atom is -0.422 e. The van der Waals surface area contributed by atoms with Gasteiger partial charge in [-0.05, 0) is 78.0 Å². The smallest absolute Gasteiger partial charge is 0.343 e. The Balaban J connectivity index is 1.59. The molecule has 0 amide bonds.